The van der Waals surface area contributed by atoms with Crippen LogP contribution in [0.4, 0.5) is 0 Å². The molecule has 1 aromatic carbocycles. The van der Waals surface area contributed by atoms with Crippen LogP contribution >= 0.6 is 23.2 Å². The van der Waals surface area contributed by atoms with E-state index in [-0.39, 0.29) is 17.8 Å². The number of hydrogen-bond acceptors (Lipinski definition) is 4. The molecule has 0 aliphatic carbocycles. The van der Waals surface area contributed by atoms with Gasteiger partial charge in [-0.05, 0) is 38.1 Å². The van der Waals surface area contributed by atoms with E-state index in [2.05, 4.69) is 5.10 Å². The Morgan fingerprint density at radius 1 is 1.35 bits per heavy atom. The Balaban J connectivity index is 2.26. The molecule has 0 fully saturated rings. The summed E-state index contributed by atoms with van der Waals surface area (Å²) in [4.78, 5) is 14.2. The first-order valence-electron chi connectivity index (χ1n) is 6.95. The fourth-order valence-electron chi connectivity index (χ4n) is 2.24. The molecule has 2 aromatic rings. The lowest BCUT2D eigenvalue weighted by Crippen LogP contribution is -2.34. The van der Waals surface area contributed by atoms with E-state index in [4.69, 9.17) is 28.5 Å². The van der Waals surface area contributed by atoms with E-state index >= 15 is 0 Å². The zero-order valence-electron chi connectivity index (χ0n) is 13.1. The Hall–Kier alpha value is -1.87. The molecule has 2 rings (SSSR count). The second-order valence-electron chi connectivity index (χ2n) is 5.37. The zero-order chi connectivity index (χ0) is 17.1. The fourth-order valence-corrected chi connectivity index (χ4v) is 2.62. The quantitative estimate of drug-likeness (QED) is 0.849. The van der Waals surface area contributed by atoms with Gasteiger partial charge in [0.1, 0.15) is 11.6 Å². The molecule has 0 spiro atoms. The van der Waals surface area contributed by atoms with Crippen molar-refractivity contribution in [2.24, 2.45) is 0 Å². The van der Waals surface area contributed by atoms with Gasteiger partial charge in [0.25, 0.3) is 5.56 Å². The van der Waals surface area contributed by atoms with Crippen LogP contribution in [0, 0.1) is 25.2 Å². The second kappa shape index (κ2) is 7.14. The summed E-state index contributed by atoms with van der Waals surface area (Å²) in [6, 6.07) is 7.38. The van der Waals surface area contributed by atoms with Crippen LogP contribution in [0.5, 0.6) is 0 Å². The molecule has 1 heterocycles. The number of nitriles is 1. The van der Waals surface area contributed by atoms with E-state index in [1.54, 1.807) is 19.9 Å². The van der Waals surface area contributed by atoms with Gasteiger partial charge < -0.3 is 0 Å². The summed E-state index contributed by atoms with van der Waals surface area (Å²) in [5.41, 5.74) is 1.88. The van der Waals surface area contributed by atoms with Gasteiger partial charge in [0.05, 0.1) is 22.4 Å². The normalized spacial score (nSPS) is 10.8. The summed E-state index contributed by atoms with van der Waals surface area (Å²) in [5, 5.41) is 14.4. The molecule has 0 atom stereocenters. The molecule has 23 heavy (non-hydrogen) atoms. The smallest absolute Gasteiger partial charge is 0.283 e. The highest BCUT2D eigenvalue weighted by atomic mass is 35.5. The van der Waals surface area contributed by atoms with Crippen LogP contribution in [-0.4, -0.2) is 21.7 Å². The van der Waals surface area contributed by atoms with Crippen LogP contribution in [0.2, 0.25) is 10.0 Å². The molecular weight excluding hydrogens is 335 g/mol. The minimum absolute atomic E-state index is 0.131. The molecule has 0 unspecified atom stereocenters. The van der Waals surface area contributed by atoms with Crippen molar-refractivity contribution in [1.82, 2.24) is 14.7 Å². The molecule has 0 aliphatic rings. The number of aryl methyl sites for hydroxylation is 1. The lowest BCUT2D eigenvalue weighted by molar-refractivity contribution is 0.239. The largest absolute Gasteiger partial charge is 0.286 e. The molecule has 120 valence electrons. The maximum absolute atomic E-state index is 12.3. The van der Waals surface area contributed by atoms with E-state index in [9.17, 15) is 4.79 Å². The fraction of sp³-hybridized carbons (Fsp3) is 0.312. The monoisotopic (exact) mass is 350 g/mol. The maximum Gasteiger partial charge on any atom is 0.286 e. The average Bonchev–Trinajstić information content (AvgIpc) is 2.50. The first-order chi connectivity index (χ1) is 10.8. The Morgan fingerprint density at radius 2 is 2.04 bits per heavy atom. The molecule has 0 saturated carbocycles. The molecule has 0 radical (unpaired) electrons. The number of hydrogen-bond donors (Lipinski definition) is 0. The molecule has 0 aliphatic heterocycles. The number of benzene rings is 1. The third-order valence-corrected chi connectivity index (χ3v) is 4.45. The van der Waals surface area contributed by atoms with E-state index in [1.165, 1.54) is 4.68 Å². The Morgan fingerprint density at radius 3 is 2.70 bits per heavy atom. The minimum atomic E-state index is -0.389. The predicted octanol–water partition coefficient (Wildman–Crippen LogP) is 3.13. The first-order valence-corrected chi connectivity index (χ1v) is 7.70. The van der Waals surface area contributed by atoms with Crippen LogP contribution in [0.25, 0.3) is 0 Å². The minimum Gasteiger partial charge on any atom is -0.283 e. The molecule has 0 bridgehead atoms. The topological polar surface area (TPSA) is 61.9 Å². The van der Waals surface area contributed by atoms with Gasteiger partial charge in [-0.15, -0.1) is 0 Å². The van der Waals surface area contributed by atoms with Crippen molar-refractivity contribution in [2.75, 3.05) is 7.05 Å². The van der Waals surface area contributed by atoms with Crippen molar-refractivity contribution >= 4 is 23.2 Å². The Bertz CT molecular complexity index is 839. The van der Waals surface area contributed by atoms with Gasteiger partial charge in [0.2, 0.25) is 0 Å². The van der Waals surface area contributed by atoms with Crippen molar-refractivity contribution < 1.29 is 0 Å². The number of nitrogens with zero attached hydrogens (tertiary/aromatic N) is 4. The lowest BCUT2D eigenvalue weighted by atomic mass is 10.1. The van der Waals surface area contributed by atoms with Gasteiger partial charge in [-0.25, -0.2) is 4.68 Å². The lowest BCUT2D eigenvalue weighted by Gasteiger charge is -2.19. The highest BCUT2D eigenvalue weighted by molar-refractivity contribution is 6.42. The molecule has 0 amide bonds. The van der Waals surface area contributed by atoms with Crippen LogP contribution in [-0.2, 0) is 13.2 Å². The van der Waals surface area contributed by atoms with Crippen molar-refractivity contribution in [3.8, 4) is 6.07 Å². The average molecular weight is 351 g/mol. The summed E-state index contributed by atoms with van der Waals surface area (Å²) >= 11 is 12.2. The Labute approximate surface area is 144 Å². The highest BCUT2D eigenvalue weighted by Crippen LogP contribution is 2.26. The van der Waals surface area contributed by atoms with Crippen LogP contribution in [0.15, 0.2) is 23.0 Å². The molecule has 0 saturated heterocycles. The summed E-state index contributed by atoms with van der Waals surface area (Å²) < 4.78 is 1.29. The zero-order valence-corrected chi connectivity index (χ0v) is 14.6. The second-order valence-corrected chi connectivity index (χ2v) is 6.16. The SMILES string of the molecule is Cc1nn(CN(C)Cc2cccc(Cl)c2Cl)c(=O)c(C#N)c1C. The highest BCUT2D eigenvalue weighted by Gasteiger charge is 2.13. The third kappa shape index (κ3) is 3.73. The predicted molar refractivity (Wildman–Crippen MR) is 90.6 cm³/mol. The van der Waals surface area contributed by atoms with Gasteiger partial charge in [0, 0.05) is 6.54 Å². The molecule has 5 nitrogen and oxygen atoms in total. The number of halogens is 2. The molecule has 0 N–H and O–H groups in total. The summed E-state index contributed by atoms with van der Waals surface area (Å²) in [6.45, 7) is 4.25. The van der Waals surface area contributed by atoms with Gasteiger partial charge in [-0.1, -0.05) is 35.3 Å². The van der Waals surface area contributed by atoms with E-state index in [0.717, 1.165) is 5.56 Å². The summed E-state index contributed by atoms with van der Waals surface area (Å²) in [6.07, 6.45) is 0. The van der Waals surface area contributed by atoms with Crippen molar-refractivity contribution in [1.29, 1.82) is 5.26 Å². The van der Waals surface area contributed by atoms with Gasteiger partial charge in [-0.2, -0.15) is 10.4 Å². The maximum atomic E-state index is 12.3. The van der Waals surface area contributed by atoms with Gasteiger partial charge >= 0.3 is 0 Å². The van der Waals surface area contributed by atoms with E-state index in [1.807, 2.05) is 30.1 Å². The Kier molecular flexibility index (Phi) is 5.42. The van der Waals surface area contributed by atoms with Gasteiger partial charge in [-0.3, -0.25) is 9.69 Å². The first kappa shape index (κ1) is 17.5. The van der Waals surface area contributed by atoms with Crippen LogP contribution < -0.4 is 5.56 Å². The summed E-state index contributed by atoms with van der Waals surface area (Å²) in [5.74, 6) is 0. The van der Waals surface area contributed by atoms with Crippen molar-refractivity contribution in [3.05, 3.63) is 61.0 Å². The third-order valence-electron chi connectivity index (χ3n) is 3.60. The summed E-state index contributed by atoms with van der Waals surface area (Å²) in [7, 11) is 1.84. The van der Waals surface area contributed by atoms with Crippen molar-refractivity contribution in [3.63, 3.8) is 0 Å². The standard InChI is InChI=1S/C16H16Cl2N4O/c1-10-11(2)20-22(16(23)13(10)7-19)9-21(3)8-12-5-4-6-14(17)15(12)18/h4-6H,8-9H2,1-3H3. The molecular formula is C16H16Cl2N4O. The van der Waals surface area contributed by atoms with Gasteiger partial charge in [0.15, 0.2) is 0 Å². The molecule has 1 aromatic heterocycles. The molecule has 7 heteroatoms. The van der Waals surface area contributed by atoms with E-state index < -0.39 is 0 Å². The van der Waals surface area contributed by atoms with E-state index in [0.29, 0.717) is 27.8 Å². The van der Waals surface area contributed by atoms with Crippen molar-refractivity contribution in [2.45, 2.75) is 27.1 Å². The number of rotatable bonds is 4. The van der Waals surface area contributed by atoms with Crippen LogP contribution in [0.3, 0.4) is 0 Å². The van der Waals surface area contributed by atoms with Crippen LogP contribution in [0.1, 0.15) is 22.4 Å². The number of aromatic nitrogens is 2.